The van der Waals surface area contributed by atoms with E-state index in [4.69, 9.17) is 0 Å². The molecule has 2 amide bonds. The molecule has 5 nitrogen and oxygen atoms in total. The topological polar surface area (TPSA) is 89.3 Å². The third kappa shape index (κ3) is 8.19. The van der Waals surface area contributed by atoms with Crippen molar-refractivity contribution in [2.24, 2.45) is 5.73 Å². The Kier molecular flexibility index (Phi) is 9.66. The zero-order chi connectivity index (χ0) is 28.0. The van der Waals surface area contributed by atoms with E-state index in [1.807, 2.05) is 0 Å². The molecule has 0 saturated carbocycles. The standard InChI is InChI=1S/C23H19F6NO2.C3H7NO/c1-2-21(32)30-19-9-7-13-10-15(6-8-17(13)19)20(31)12-18(23(27,28)29)14-4-3-5-16(11-14)22(24,25)26;1-2-3(4)5/h3-6,8,10-12,19H,2,7,9H2,1H3,(H,30,32);2H2,1H3,(H2,4,5). The number of hydrogen-bond acceptors (Lipinski definition) is 3. The summed E-state index contributed by atoms with van der Waals surface area (Å²) < 4.78 is 79.5. The minimum Gasteiger partial charge on any atom is -0.370 e. The van der Waals surface area contributed by atoms with Crippen LogP contribution in [0.4, 0.5) is 26.3 Å². The van der Waals surface area contributed by atoms with E-state index in [2.05, 4.69) is 11.1 Å². The normalized spacial score (nSPS) is 15.4. The molecular formula is C26H26F6N2O3. The van der Waals surface area contributed by atoms with Crippen LogP contribution in [0.2, 0.25) is 0 Å². The van der Waals surface area contributed by atoms with Gasteiger partial charge < -0.3 is 11.1 Å². The third-order valence-corrected chi connectivity index (χ3v) is 5.59. The largest absolute Gasteiger partial charge is 0.417 e. The maximum atomic E-state index is 13.6. The average Bonchev–Trinajstić information content (AvgIpc) is 3.23. The van der Waals surface area contributed by atoms with Gasteiger partial charge in [0.05, 0.1) is 17.2 Å². The van der Waals surface area contributed by atoms with Crippen molar-refractivity contribution in [1.82, 2.24) is 5.32 Å². The van der Waals surface area contributed by atoms with Gasteiger partial charge in [-0.1, -0.05) is 38.1 Å². The summed E-state index contributed by atoms with van der Waals surface area (Å²) in [5.41, 5.74) is 2.72. The van der Waals surface area contributed by atoms with E-state index in [-0.39, 0.29) is 23.4 Å². The van der Waals surface area contributed by atoms with Crippen molar-refractivity contribution < 1.29 is 40.7 Å². The molecule has 3 rings (SSSR count). The van der Waals surface area contributed by atoms with Crippen LogP contribution in [0.25, 0.3) is 5.57 Å². The summed E-state index contributed by atoms with van der Waals surface area (Å²) in [4.78, 5) is 33.8. The van der Waals surface area contributed by atoms with Crippen LogP contribution in [-0.2, 0) is 22.2 Å². The van der Waals surface area contributed by atoms with Crippen LogP contribution >= 0.6 is 0 Å². The number of ketones is 1. The molecule has 0 fully saturated rings. The summed E-state index contributed by atoms with van der Waals surface area (Å²) in [5, 5.41) is 2.85. The zero-order valence-corrected chi connectivity index (χ0v) is 20.1. The van der Waals surface area contributed by atoms with Crippen molar-refractivity contribution in [2.45, 2.75) is 57.9 Å². The Labute approximate surface area is 209 Å². The second kappa shape index (κ2) is 12.1. The van der Waals surface area contributed by atoms with Crippen molar-refractivity contribution in [3.05, 3.63) is 76.4 Å². The predicted molar refractivity (Wildman–Crippen MR) is 125 cm³/mol. The summed E-state index contributed by atoms with van der Waals surface area (Å²) in [7, 11) is 0. The lowest BCUT2D eigenvalue weighted by Crippen LogP contribution is -2.26. The fourth-order valence-electron chi connectivity index (χ4n) is 3.62. The first-order valence-electron chi connectivity index (χ1n) is 11.4. The number of alkyl halides is 6. The summed E-state index contributed by atoms with van der Waals surface area (Å²) in [6.07, 6.45) is -7.64. The Morgan fingerprint density at radius 3 is 2.16 bits per heavy atom. The van der Waals surface area contributed by atoms with Crippen molar-refractivity contribution in [3.8, 4) is 0 Å². The van der Waals surface area contributed by atoms with Crippen LogP contribution in [0.5, 0.6) is 0 Å². The highest BCUT2D eigenvalue weighted by molar-refractivity contribution is 6.09. The molecule has 0 heterocycles. The van der Waals surface area contributed by atoms with Gasteiger partial charge >= 0.3 is 12.4 Å². The molecule has 0 spiro atoms. The number of primary amides is 1. The number of carbonyl (C=O) groups is 3. The number of carbonyl (C=O) groups excluding carboxylic acids is 3. The fourth-order valence-corrected chi connectivity index (χ4v) is 3.62. The van der Waals surface area contributed by atoms with Crippen LogP contribution in [0.15, 0.2) is 48.5 Å². The molecule has 3 N–H and O–H groups in total. The Balaban J connectivity index is 0.000000877. The SMILES string of the molecule is CCC(=O)NC1CCc2cc(C(=O)C=C(c3cccc(C(F)(F)F)c3)C(F)(F)F)ccc21.CCC(N)=O. The maximum absolute atomic E-state index is 13.6. The minimum atomic E-state index is -5.04. The Morgan fingerprint density at radius 1 is 0.973 bits per heavy atom. The van der Waals surface area contributed by atoms with Crippen molar-refractivity contribution in [2.75, 3.05) is 0 Å². The lowest BCUT2D eigenvalue weighted by atomic mass is 9.97. The lowest BCUT2D eigenvalue weighted by Gasteiger charge is -2.15. The lowest BCUT2D eigenvalue weighted by molar-refractivity contribution is -0.137. The highest BCUT2D eigenvalue weighted by Crippen LogP contribution is 2.38. The maximum Gasteiger partial charge on any atom is 0.417 e. The van der Waals surface area contributed by atoms with Gasteiger partial charge in [0.15, 0.2) is 5.78 Å². The second-order valence-electron chi connectivity index (χ2n) is 8.24. The first-order valence-corrected chi connectivity index (χ1v) is 11.4. The van der Waals surface area contributed by atoms with Crippen LogP contribution in [0.1, 0.15) is 71.8 Å². The first-order chi connectivity index (χ1) is 17.2. The van der Waals surface area contributed by atoms with Gasteiger partial charge in [-0.25, -0.2) is 0 Å². The number of aryl methyl sites for hydroxylation is 1. The molecule has 0 aliphatic heterocycles. The van der Waals surface area contributed by atoms with Crippen LogP contribution in [-0.4, -0.2) is 23.8 Å². The number of nitrogens with one attached hydrogen (secondary N) is 1. The average molecular weight is 528 g/mol. The van der Waals surface area contributed by atoms with E-state index in [1.54, 1.807) is 19.9 Å². The van der Waals surface area contributed by atoms with E-state index in [9.17, 15) is 40.7 Å². The number of hydrogen-bond donors (Lipinski definition) is 2. The number of amides is 2. The van der Waals surface area contributed by atoms with Crippen LogP contribution in [0, 0.1) is 0 Å². The Hall–Kier alpha value is -3.63. The van der Waals surface area contributed by atoms with Crippen LogP contribution in [0.3, 0.4) is 0 Å². The molecule has 0 bridgehead atoms. The van der Waals surface area contributed by atoms with Crippen molar-refractivity contribution >= 4 is 23.2 Å². The zero-order valence-electron chi connectivity index (χ0n) is 20.1. The molecular weight excluding hydrogens is 502 g/mol. The number of fused-ring (bicyclic) bond motifs is 1. The Bertz CT molecular complexity index is 1190. The quantitative estimate of drug-likeness (QED) is 0.277. The van der Waals surface area contributed by atoms with E-state index < -0.39 is 34.8 Å². The van der Waals surface area contributed by atoms with Gasteiger partial charge in [-0.05, 0) is 53.8 Å². The summed E-state index contributed by atoms with van der Waals surface area (Å²) in [6.45, 7) is 3.43. The number of halogens is 6. The highest BCUT2D eigenvalue weighted by Gasteiger charge is 2.37. The van der Waals surface area contributed by atoms with Gasteiger partial charge in [-0.15, -0.1) is 0 Å². The minimum absolute atomic E-state index is 0.0139. The molecule has 37 heavy (non-hydrogen) atoms. The first kappa shape index (κ1) is 29.6. The molecule has 200 valence electrons. The van der Waals surface area contributed by atoms with Gasteiger partial charge in [-0.2, -0.15) is 26.3 Å². The number of benzene rings is 2. The third-order valence-electron chi connectivity index (χ3n) is 5.59. The smallest absolute Gasteiger partial charge is 0.370 e. The predicted octanol–water partition coefficient (Wildman–Crippen LogP) is 5.93. The highest BCUT2D eigenvalue weighted by atomic mass is 19.4. The van der Waals surface area contributed by atoms with Gasteiger partial charge in [0.25, 0.3) is 0 Å². The van der Waals surface area contributed by atoms with E-state index in [1.165, 1.54) is 12.1 Å². The monoisotopic (exact) mass is 528 g/mol. The summed E-state index contributed by atoms with van der Waals surface area (Å²) >= 11 is 0. The number of nitrogens with two attached hydrogens (primary N) is 1. The van der Waals surface area contributed by atoms with E-state index in [0.717, 1.165) is 23.3 Å². The molecule has 0 saturated heterocycles. The van der Waals surface area contributed by atoms with Gasteiger partial charge in [0.1, 0.15) is 0 Å². The molecule has 1 unspecified atom stereocenters. The molecule has 11 heteroatoms. The van der Waals surface area contributed by atoms with Crippen molar-refractivity contribution in [3.63, 3.8) is 0 Å². The molecule has 0 radical (unpaired) electrons. The van der Waals surface area contributed by atoms with Gasteiger partial charge in [-0.3, -0.25) is 14.4 Å². The molecule has 1 atom stereocenters. The van der Waals surface area contributed by atoms with Gasteiger partial charge in [0.2, 0.25) is 11.8 Å². The summed E-state index contributed by atoms with van der Waals surface area (Å²) in [5.74, 6) is -1.36. The van der Waals surface area contributed by atoms with Crippen LogP contribution < -0.4 is 11.1 Å². The van der Waals surface area contributed by atoms with Crippen molar-refractivity contribution in [1.29, 1.82) is 0 Å². The molecule has 2 aromatic carbocycles. The molecule has 1 aliphatic rings. The molecule has 2 aromatic rings. The molecule has 0 aromatic heterocycles. The Morgan fingerprint density at radius 2 is 1.62 bits per heavy atom. The number of rotatable bonds is 6. The van der Waals surface area contributed by atoms with Gasteiger partial charge in [0, 0.05) is 18.4 Å². The summed E-state index contributed by atoms with van der Waals surface area (Å²) in [6, 6.07) is 6.95. The molecule has 1 aliphatic carbocycles. The fraction of sp³-hybridized carbons (Fsp3) is 0.346. The van der Waals surface area contributed by atoms with E-state index >= 15 is 0 Å². The second-order valence-corrected chi connectivity index (χ2v) is 8.24. The number of allylic oxidation sites excluding steroid dienone is 2. The van der Waals surface area contributed by atoms with E-state index in [0.29, 0.717) is 43.9 Å².